The molecule has 0 amide bonds. The number of nitrogens with two attached hydrogens (primary N) is 1. The van der Waals surface area contributed by atoms with Gasteiger partial charge in [-0.1, -0.05) is 45.0 Å². The first-order valence-electron chi connectivity index (χ1n) is 7.59. The Kier molecular flexibility index (Phi) is 6.00. The second kappa shape index (κ2) is 6.82. The van der Waals surface area contributed by atoms with Crippen LogP contribution in [-0.4, -0.2) is 31.4 Å². The molecule has 1 aromatic carbocycles. The summed E-state index contributed by atoms with van der Waals surface area (Å²) in [5.41, 5.74) is 2.19. The molecule has 126 valence electrons. The molecule has 0 aliphatic carbocycles. The van der Waals surface area contributed by atoms with E-state index in [0.717, 1.165) is 12.1 Å². The van der Waals surface area contributed by atoms with Crippen molar-refractivity contribution in [1.82, 2.24) is 4.90 Å². The minimum Gasteiger partial charge on any atom is -0.305 e. The largest absolute Gasteiger partial charge is 0.305 e. The Balaban J connectivity index is 3.05. The number of hydrogen-bond acceptors (Lipinski definition) is 3. The fourth-order valence-corrected chi connectivity index (χ4v) is 7.08. The minimum absolute atomic E-state index is 0.0435. The van der Waals surface area contributed by atoms with E-state index in [0.29, 0.717) is 5.75 Å². The predicted molar refractivity (Wildman–Crippen MR) is 99.5 cm³/mol. The van der Waals surface area contributed by atoms with Gasteiger partial charge in [0.1, 0.15) is 9.92 Å². The highest BCUT2D eigenvalue weighted by atomic mass is 32.2. The summed E-state index contributed by atoms with van der Waals surface area (Å²) in [5.74, 6) is 0.320. The summed E-state index contributed by atoms with van der Waals surface area (Å²) < 4.78 is 17.4. The molecule has 0 bridgehead atoms. The quantitative estimate of drug-likeness (QED) is 0.832. The molecule has 1 rings (SSSR count). The molecule has 2 N–H and O–H groups in total. The van der Waals surface area contributed by atoms with Crippen LogP contribution in [0.25, 0.3) is 0 Å². The van der Waals surface area contributed by atoms with Gasteiger partial charge < -0.3 is 4.90 Å². The molecule has 0 saturated carbocycles. The van der Waals surface area contributed by atoms with Crippen molar-refractivity contribution in [2.45, 2.75) is 51.2 Å². The molecular weight excluding hydrogens is 310 g/mol. The zero-order chi connectivity index (χ0) is 17.2. The molecule has 0 saturated heterocycles. The highest BCUT2D eigenvalue weighted by Crippen LogP contribution is 2.37. The normalized spacial score (nSPS) is 15.7. The van der Waals surface area contributed by atoms with E-state index >= 15 is 0 Å². The first-order valence-corrected chi connectivity index (χ1v) is 12.3. The fraction of sp³-hybridized carbons (Fsp3) is 0.625. The van der Waals surface area contributed by atoms with Crippen molar-refractivity contribution in [2.75, 3.05) is 14.1 Å². The summed E-state index contributed by atoms with van der Waals surface area (Å²) in [6.07, 6.45) is 0. The molecule has 0 aliphatic rings. The average Bonchev–Trinajstić information content (AvgIpc) is 2.23. The standard InChI is InChI=1S/C16H31N3OSSi/c1-16(2,3)22(6,7)18-21(17,20)13-15-10-8-9-14(11-15)12-19(4)5/h8-11H,12-13H2,1-7H3,(H2,17,18,20). The van der Waals surface area contributed by atoms with Gasteiger partial charge in [0, 0.05) is 6.54 Å². The predicted octanol–water partition coefficient (Wildman–Crippen LogP) is 3.60. The van der Waals surface area contributed by atoms with E-state index < -0.39 is 18.2 Å². The van der Waals surface area contributed by atoms with Crippen LogP contribution >= 0.6 is 0 Å². The maximum Gasteiger partial charge on any atom is 0.194 e. The molecule has 6 heteroatoms. The van der Waals surface area contributed by atoms with Gasteiger partial charge in [-0.05, 0) is 43.4 Å². The van der Waals surface area contributed by atoms with Gasteiger partial charge in [-0.3, -0.25) is 4.03 Å². The van der Waals surface area contributed by atoms with Crippen LogP contribution in [0, 0.1) is 0 Å². The van der Waals surface area contributed by atoms with Crippen LogP contribution in [0.1, 0.15) is 31.9 Å². The third kappa shape index (κ3) is 5.83. The summed E-state index contributed by atoms with van der Waals surface area (Å²) in [7, 11) is -0.649. The first kappa shape index (κ1) is 19.4. The average molecular weight is 342 g/mol. The van der Waals surface area contributed by atoms with E-state index in [4.69, 9.17) is 5.14 Å². The van der Waals surface area contributed by atoms with Crippen molar-refractivity contribution in [3.05, 3.63) is 35.4 Å². The Hall–Kier alpha value is -0.693. The number of rotatable bonds is 5. The molecule has 0 heterocycles. The van der Waals surface area contributed by atoms with Crippen molar-refractivity contribution in [2.24, 2.45) is 9.17 Å². The van der Waals surface area contributed by atoms with Gasteiger partial charge in [-0.25, -0.2) is 9.35 Å². The monoisotopic (exact) mass is 341 g/mol. The molecule has 0 aromatic heterocycles. The van der Waals surface area contributed by atoms with E-state index in [1.54, 1.807) is 0 Å². The summed E-state index contributed by atoms with van der Waals surface area (Å²) in [4.78, 5) is 2.11. The molecule has 1 unspecified atom stereocenters. The molecule has 1 aromatic rings. The second-order valence-electron chi connectivity index (χ2n) is 7.79. The van der Waals surface area contributed by atoms with Crippen LogP contribution in [0.5, 0.6) is 0 Å². The molecule has 0 radical (unpaired) electrons. The topological polar surface area (TPSA) is 58.7 Å². The van der Waals surface area contributed by atoms with Crippen LogP contribution < -0.4 is 5.14 Å². The van der Waals surface area contributed by atoms with Gasteiger partial charge >= 0.3 is 0 Å². The van der Waals surface area contributed by atoms with Gasteiger partial charge in [0.05, 0.1) is 5.75 Å². The fourth-order valence-electron chi connectivity index (χ4n) is 1.98. The SMILES string of the molecule is CN(C)Cc1cccc(CS(N)(=O)=N[Si](C)(C)C(C)(C)C)c1. The number of hydrogen-bond donors (Lipinski definition) is 1. The molecule has 1 atom stereocenters. The van der Waals surface area contributed by atoms with Crippen LogP contribution in [0.4, 0.5) is 0 Å². The lowest BCUT2D eigenvalue weighted by molar-refractivity contribution is 0.402. The molecule has 4 nitrogen and oxygen atoms in total. The first-order chi connectivity index (χ1) is 9.82. The lowest BCUT2D eigenvalue weighted by Gasteiger charge is -2.32. The zero-order valence-electron chi connectivity index (χ0n) is 15.0. The molecule has 22 heavy (non-hydrogen) atoms. The zero-order valence-corrected chi connectivity index (χ0v) is 16.8. The molecule has 0 fully saturated rings. The highest BCUT2D eigenvalue weighted by Gasteiger charge is 2.37. The van der Waals surface area contributed by atoms with E-state index in [-0.39, 0.29) is 5.04 Å². The Labute approximate surface area is 137 Å². The Morgan fingerprint density at radius 2 is 1.77 bits per heavy atom. The van der Waals surface area contributed by atoms with Gasteiger partial charge in [0.15, 0.2) is 8.24 Å². The van der Waals surface area contributed by atoms with Gasteiger partial charge in [0.2, 0.25) is 0 Å². The van der Waals surface area contributed by atoms with Crippen LogP contribution in [-0.2, 0) is 22.2 Å². The lowest BCUT2D eigenvalue weighted by Crippen LogP contribution is -2.37. The smallest absolute Gasteiger partial charge is 0.194 e. The third-order valence-electron chi connectivity index (χ3n) is 4.08. The summed E-state index contributed by atoms with van der Waals surface area (Å²) in [6.45, 7) is 11.6. The Morgan fingerprint density at radius 3 is 2.27 bits per heavy atom. The lowest BCUT2D eigenvalue weighted by atomic mass is 10.1. The summed E-state index contributed by atoms with van der Waals surface area (Å²) >= 11 is 0. The van der Waals surface area contributed by atoms with Crippen LogP contribution in [0.3, 0.4) is 0 Å². The van der Waals surface area contributed by atoms with E-state index in [1.165, 1.54) is 5.56 Å². The van der Waals surface area contributed by atoms with E-state index in [1.807, 2.05) is 26.2 Å². The van der Waals surface area contributed by atoms with E-state index in [2.05, 4.69) is 54.9 Å². The Morgan fingerprint density at radius 1 is 1.23 bits per heavy atom. The van der Waals surface area contributed by atoms with Crippen molar-refractivity contribution >= 4 is 18.2 Å². The minimum atomic E-state index is -2.70. The third-order valence-corrected chi connectivity index (χ3v) is 11.6. The van der Waals surface area contributed by atoms with Crippen molar-refractivity contribution in [1.29, 1.82) is 0 Å². The van der Waals surface area contributed by atoms with Crippen LogP contribution in [0.2, 0.25) is 18.1 Å². The number of nitrogens with zero attached hydrogens (tertiary/aromatic N) is 2. The maximum absolute atomic E-state index is 12.8. The maximum atomic E-state index is 12.8. The van der Waals surface area contributed by atoms with Gasteiger partial charge in [0.25, 0.3) is 0 Å². The van der Waals surface area contributed by atoms with Crippen molar-refractivity contribution < 1.29 is 4.21 Å². The molecule has 0 spiro atoms. The van der Waals surface area contributed by atoms with E-state index in [9.17, 15) is 4.21 Å². The summed E-state index contributed by atoms with van der Waals surface area (Å²) in [5, 5.41) is 6.11. The Bertz CT molecular complexity index is 627. The second-order valence-corrected chi connectivity index (χ2v) is 14.8. The van der Waals surface area contributed by atoms with Gasteiger partial charge in [-0.2, -0.15) is 0 Å². The molecular formula is C16H31N3OSSi. The van der Waals surface area contributed by atoms with Gasteiger partial charge in [-0.15, -0.1) is 0 Å². The highest BCUT2D eigenvalue weighted by molar-refractivity contribution is 7.91. The summed E-state index contributed by atoms with van der Waals surface area (Å²) in [6, 6.07) is 8.13. The number of benzene rings is 1. The van der Waals surface area contributed by atoms with Crippen LogP contribution in [0.15, 0.2) is 28.3 Å². The van der Waals surface area contributed by atoms with Crippen molar-refractivity contribution in [3.63, 3.8) is 0 Å². The molecule has 0 aliphatic heterocycles. The van der Waals surface area contributed by atoms with Crippen molar-refractivity contribution in [3.8, 4) is 0 Å².